The van der Waals surface area contributed by atoms with Gasteiger partial charge in [0.1, 0.15) is 6.29 Å². The molecule has 2 heteroatoms. The standard InChI is InChI=1S/C15H21NO/c1-12(13-7-3-2-4-8-13)14(11-17)15-9-5-6-10-16-15/h5-6,9-14H,2-4,7-8H2,1H3. The van der Waals surface area contributed by atoms with Crippen molar-refractivity contribution < 1.29 is 4.79 Å². The van der Waals surface area contributed by atoms with E-state index in [-0.39, 0.29) is 5.92 Å². The van der Waals surface area contributed by atoms with Crippen molar-refractivity contribution in [3.05, 3.63) is 30.1 Å². The number of carbonyl (C=O) groups excluding carboxylic acids is 1. The summed E-state index contributed by atoms with van der Waals surface area (Å²) in [7, 11) is 0. The molecule has 0 N–H and O–H groups in total. The first kappa shape index (κ1) is 12.3. The Morgan fingerprint density at radius 3 is 2.65 bits per heavy atom. The van der Waals surface area contributed by atoms with Crippen LogP contribution in [0.3, 0.4) is 0 Å². The topological polar surface area (TPSA) is 30.0 Å². The SMILES string of the molecule is CC(C1CCCCC1)C(C=O)c1ccccn1. The fourth-order valence-corrected chi connectivity index (χ4v) is 2.99. The van der Waals surface area contributed by atoms with Crippen LogP contribution in [0.4, 0.5) is 0 Å². The van der Waals surface area contributed by atoms with Crippen molar-refractivity contribution >= 4 is 6.29 Å². The smallest absolute Gasteiger partial charge is 0.129 e. The predicted octanol–water partition coefficient (Wildman–Crippen LogP) is 3.58. The number of pyridine rings is 1. The molecule has 1 aromatic rings. The van der Waals surface area contributed by atoms with Crippen LogP contribution < -0.4 is 0 Å². The molecule has 0 bridgehead atoms. The molecule has 92 valence electrons. The highest BCUT2D eigenvalue weighted by atomic mass is 16.1. The summed E-state index contributed by atoms with van der Waals surface area (Å²) in [6.07, 6.45) is 9.42. The van der Waals surface area contributed by atoms with Crippen molar-refractivity contribution in [3.63, 3.8) is 0 Å². The molecule has 2 rings (SSSR count). The van der Waals surface area contributed by atoms with Gasteiger partial charge in [0, 0.05) is 6.20 Å². The van der Waals surface area contributed by atoms with Crippen LogP contribution in [-0.4, -0.2) is 11.3 Å². The molecule has 1 saturated carbocycles. The summed E-state index contributed by atoms with van der Waals surface area (Å²) in [5.74, 6) is 1.09. The van der Waals surface area contributed by atoms with E-state index in [9.17, 15) is 4.79 Å². The fourth-order valence-electron chi connectivity index (χ4n) is 2.99. The van der Waals surface area contributed by atoms with Crippen molar-refractivity contribution in [3.8, 4) is 0 Å². The van der Waals surface area contributed by atoms with E-state index in [1.165, 1.54) is 32.1 Å². The van der Waals surface area contributed by atoms with Crippen molar-refractivity contribution in [1.82, 2.24) is 4.98 Å². The van der Waals surface area contributed by atoms with Gasteiger partial charge in [-0.15, -0.1) is 0 Å². The van der Waals surface area contributed by atoms with E-state index in [1.54, 1.807) is 6.20 Å². The molecular weight excluding hydrogens is 210 g/mol. The van der Waals surface area contributed by atoms with E-state index in [0.29, 0.717) is 11.8 Å². The second-order valence-electron chi connectivity index (χ2n) is 5.17. The Balaban J connectivity index is 2.09. The van der Waals surface area contributed by atoms with Gasteiger partial charge in [-0.05, 0) is 24.0 Å². The maximum atomic E-state index is 11.3. The fraction of sp³-hybridized carbons (Fsp3) is 0.600. The second-order valence-corrected chi connectivity index (χ2v) is 5.17. The summed E-state index contributed by atoms with van der Waals surface area (Å²) in [4.78, 5) is 15.7. The lowest BCUT2D eigenvalue weighted by Crippen LogP contribution is -2.23. The van der Waals surface area contributed by atoms with Crippen LogP contribution in [0, 0.1) is 11.8 Å². The van der Waals surface area contributed by atoms with Gasteiger partial charge in [-0.1, -0.05) is 45.1 Å². The van der Waals surface area contributed by atoms with Gasteiger partial charge in [-0.3, -0.25) is 4.98 Å². The molecule has 0 aliphatic heterocycles. The Morgan fingerprint density at radius 1 is 1.29 bits per heavy atom. The third kappa shape index (κ3) is 2.93. The van der Waals surface area contributed by atoms with Crippen LogP contribution in [0.25, 0.3) is 0 Å². The Labute approximate surface area is 103 Å². The van der Waals surface area contributed by atoms with Crippen molar-refractivity contribution in [1.29, 1.82) is 0 Å². The summed E-state index contributed by atoms with van der Waals surface area (Å²) in [6.45, 7) is 2.21. The molecule has 2 nitrogen and oxygen atoms in total. The molecule has 1 aliphatic rings. The zero-order valence-corrected chi connectivity index (χ0v) is 10.5. The highest BCUT2D eigenvalue weighted by Gasteiger charge is 2.28. The lowest BCUT2D eigenvalue weighted by molar-refractivity contribution is -0.110. The van der Waals surface area contributed by atoms with E-state index in [2.05, 4.69) is 11.9 Å². The van der Waals surface area contributed by atoms with Crippen molar-refractivity contribution in [2.24, 2.45) is 11.8 Å². The minimum Gasteiger partial charge on any atom is -0.303 e. The number of hydrogen-bond acceptors (Lipinski definition) is 2. The van der Waals surface area contributed by atoms with Crippen LogP contribution >= 0.6 is 0 Å². The minimum absolute atomic E-state index is 0.0284. The Bertz CT molecular complexity index is 343. The van der Waals surface area contributed by atoms with Gasteiger partial charge >= 0.3 is 0 Å². The summed E-state index contributed by atoms with van der Waals surface area (Å²) in [6, 6.07) is 5.83. The summed E-state index contributed by atoms with van der Waals surface area (Å²) >= 11 is 0. The first-order chi connectivity index (χ1) is 8.33. The molecule has 0 radical (unpaired) electrons. The summed E-state index contributed by atoms with van der Waals surface area (Å²) < 4.78 is 0. The third-order valence-electron chi connectivity index (χ3n) is 4.14. The number of carbonyl (C=O) groups is 1. The van der Waals surface area contributed by atoms with Gasteiger partial charge in [-0.25, -0.2) is 0 Å². The van der Waals surface area contributed by atoms with E-state index in [0.717, 1.165) is 12.0 Å². The number of aromatic nitrogens is 1. The van der Waals surface area contributed by atoms with E-state index >= 15 is 0 Å². The van der Waals surface area contributed by atoms with Crippen LogP contribution in [0.5, 0.6) is 0 Å². The zero-order valence-electron chi connectivity index (χ0n) is 10.5. The molecule has 1 heterocycles. The molecule has 2 unspecified atom stereocenters. The van der Waals surface area contributed by atoms with Crippen LogP contribution in [0.15, 0.2) is 24.4 Å². The Kier molecular flexibility index (Phi) is 4.29. The van der Waals surface area contributed by atoms with E-state index in [1.807, 2.05) is 18.2 Å². The van der Waals surface area contributed by atoms with Crippen LogP contribution in [0.2, 0.25) is 0 Å². The van der Waals surface area contributed by atoms with Crippen LogP contribution in [0.1, 0.15) is 50.6 Å². The minimum atomic E-state index is -0.0284. The molecule has 0 saturated heterocycles. The van der Waals surface area contributed by atoms with Gasteiger partial charge in [0.25, 0.3) is 0 Å². The molecule has 0 spiro atoms. The van der Waals surface area contributed by atoms with Gasteiger partial charge in [0.2, 0.25) is 0 Å². The van der Waals surface area contributed by atoms with Crippen molar-refractivity contribution in [2.45, 2.75) is 44.9 Å². The second kappa shape index (κ2) is 5.95. The summed E-state index contributed by atoms with van der Waals surface area (Å²) in [5.41, 5.74) is 0.931. The molecule has 1 aromatic heterocycles. The average molecular weight is 231 g/mol. The quantitative estimate of drug-likeness (QED) is 0.741. The van der Waals surface area contributed by atoms with Gasteiger partial charge in [0.05, 0.1) is 11.6 Å². The lowest BCUT2D eigenvalue weighted by Gasteiger charge is -2.30. The van der Waals surface area contributed by atoms with Gasteiger partial charge in [0.15, 0.2) is 0 Å². The highest BCUT2D eigenvalue weighted by Crippen LogP contribution is 2.36. The Morgan fingerprint density at radius 2 is 2.06 bits per heavy atom. The van der Waals surface area contributed by atoms with E-state index < -0.39 is 0 Å². The zero-order chi connectivity index (χ0) is 12.1. The largest absolute Gasteiger partial charge is 0.303 e. The number of hydrogen-bond donors (Lipinski definition) is 0. The van der Waals surface area contributed by atoms with Gasteiger partial charge < -0.3 is 4.79 Å². The maximum Gasteiger partial charge on any atom is 0.129 e. The average Bonchev–Trinajstić information content (AvgIpc) is 2.42. The maximum absolute atomic E-state index is 11.3. The number of rotatable bonds is 4. The first-order valence-electron chi connectivity index (χ1n) is 6.69. The number of nitrogens with zero attached hydrogens (tertiary/aromatic N) is 1. The molecule has 2 atom stereocenters. The molecule has 0 aromatic carbocycles. The first-order valence-corrected chi connectivity index (χ1v) is 6.69. The Hall–Kier alpha value is -1.18. The highest BCUT2D eigenvalue weighted by molar-refractivity contribution is 5.61. The van der Waals surface area contributed by atoms with Crippen molar-refractivity contribution in [2.75, 3.05) is 0 Å². The van der Waals surface area contributed by atoms with E-state index in [4.69, 9.17) is 0 Å². The molecule has 1 fully saturated rings. The van der Waals surface area contributed by atoms with Gasteiger partial charge in [-0.2, -0.15) is 0 Å². The molecule has 0 amide bonds. The summed E-state index contributed by atoms with van der Waals surface area (Å²) in [5, 5.41) is 0. The predicted molar refractivity (Wildman–Crippen MR) is 68.8 cm³/mol. The monoisotopic (exact) mass is 231 g/mol. The molecular formula is C15H21NO. The number of aldehydes is 1. The molecule has 17 heavy (non-hydrogen) atoms. The molecule has 1 aliphatic carbocycles. The van der Waals surface area contributed by atoms with Crippen LogP contribution in [-0.2, 0) is 4.79 Å². The normalized spacial score (nSPS) is 20.8. The third-order valence-corrected chi connectivity index (χ3v) is 4.14. The lowest BCUT2D eigenvalue weighted by atomic mass is 9.74.